The van der Waals surface area contributed by atoms with Crippen LogP contribution >= 0.6 is 27.5 Å². The normalized spacial score (nSPS) is 10.1. The van der Waals surface area contributed by atoms with E-state index in [0.29, 0.717) is 4.60 Å². The van der Waals surface area contributed by atoms with Crippen LogP contribution in [0.15, 0.2) is 41.0 Å². The molecule has 0 atom stereocenters. The van der Waals surface area contributed by atoms with Crippen molar-refractivity contribution in [3.8, 4) is 0 Å². The Morgan fingerprint density at radius 1 is 1.35 bits per heavy atom. The lowest BCUT2D eigenvalue weighted by atomic mass is 10.2. The second-order valence-corrected chi connectivity index (χ2v) is 4.94. The SMILES string of the molecule is O=C(Nc1cc([N+](=O)[O-])ccc1Cl)c1cccc(Br)n1. The Bertz CT molecular complexity index is 693. The third kappa shape index (κ3) is 3.31. The molecule has 1 N–H and O–H groups in total. The number of rotatable bonds is 3. The maximum Gasteiger partial charge on any atom is 0.274 e. The molecule has 1 aromatic carbocycles. The van der Waals surface area contributed by atoms with E-state index < -0.39 is 10.8 Å². The number of hydrogen-bond acceptors (Lipinski definition) is 4. The Labute approximate surface area is 127 Å². The molecule has 2 aromatic rings. The zero-order chi connectivity index (χ0) is 14.7. The number of carbonyl (C=O) groups is 1. The summed E-state index contributed by atoms with van der Waals surface area (Å²) in [5, 5.41) is 13.4. The lowest BCUT2D eigenvalue weighted by molar-refractivity contribution is -0.384. The van der Waals surface area contributed by atoms with Crippen molar-refractivity contribution in [2.24, 2.45) is 0 Å². The van der Waals surface area contributed by atoms with E-state index in [9.17, 15) is 14.9 Å². The molecule has 1 amide bonds. The van der Waals surface area contributed by atoms with Gasteiger partial charge in [0.05, 0.1) is 15.6 Å². The van der Waals surface area contributed by atoms with E-state index in [1.807, 2.05) is 0 Å². The molecule has 6 nitrogen and oxygen atoms in total. The molecule has 0 bridgehead atoms. The van der Waals surface area contributed by atoms with Crippen LogP contribution in [-0.4, -0.2) is 15.8 Å². The summed E-state index contributed by atoms with van der Waals surface area (Å²) in [5.74, 6) is -0.506. The van der Waals surface area contributed by atoms with Crippen molar-refractivity contribution in [3.63, 3.8) is 0 Å². The number of benzene rings is 1. The van der Waals surface area contributed by atoms with Gasteiger partial charge in [-0.2, -0.15) is 0 Å². The van der Waals surface area contributed by atoms with E-state index in [-0.39, 0.29) is 22.1 Å². The number of aromatic nitrogens is 1. The largest absolute Gasteiger partial charge is 0.319 e. The van der Waals surface area contributed by atoms with Crippen LogP contribution in [0.4, 0.5) is 11.4 Å². The molecule has 1 heterocycles. The Morgan fingerprint density at radius 3 is 2.75 bits per heavy atom. The molecule has 1 aromatic heterocycles. The van der Waals surface area contributed by atoms with Crippen LogP contribution < -0.4 is 5.32 Å². The molecule has 2 rings (SSSR count). The molecule has 0 unspecified atom stereocenters. The van der Waals surface area contributed by atoms with E-state index in [4.69, 9.17) is 11.6 Å². The van der Waals surface area contributed by atoms with Gasteiger partial charge in [-0.15, -0.1) is 0 Å². The maximum atomic E-state index is 12.0. The fourth-order valence-electron chi connectivity index (χ4n) is 1.44. The van der Waals surface area contributed by atoms with E-state index >= 15 is 0 Å². The highest BCUT2D eigenvalue weighted by molar-refractivity contribution is 9.10. The standard InChI is InChI=1S/C12H7BrClN3O3/c13-11-3-1-2-9(15-11)12(18)16-10-6-7(17(19)20)4-5-8(10)14/h1-6H,(H,16,18). The highest BCUT2D eigenvalue weighted by Crippen LogP contribution is 2.27. The first-order valence-electron chi connectivity index (χ1n) is 5.35. The van der Waals surface area contributed by atoms with Crippen molar-refractivity contribution in [1.29, 1.82) is 0 Å². The van der Waals surface area contributed by atoms with Crippen LogP contribution in [0.3, 0.4) is 0 Å². The third-order valence-corrected chi connectivity index (χ3v) is 3.13. The molecule has 0 spiro atoms. The van der Waals surface area contributed by atoms with Gasteiger partial charge in [-0.3, -0.25) is 14.9 Å². The average molecular weight is 357 g/mol. The number of nitrogens with one attached hydrogen (secondary N) is 1. The predicted octanol–water partition coefficient (Wildman–Crippen LogP) is 3.66. The van der Waals surface area contributed by atoms with Gasteiger partial charge < -0.3 is 5.32 Å². The lowest BCUT2D eigenvalue weighted by Crippen LogP contribution is -2.14. The highest BCUT2D eigenvalue weighted by Gasteiger charge is 2.14. The summed E-state index contributed by atoms with van der Waals surface area (Å²) >= 11 is 9.05. The Kier molecular flexibility index (Phi) is 4.31. The summed E-state index contributed by atoms with van der Waals surface area (Å²) in [6.45, 7) is 0. The van der Waals surface area contributed by atoms with Crippen LogP contribution in [0, 0.1) is 10.1 Å². The van der Waals surface area contributed by atoms with Crippen LogP contribution in [0.2, 0.25) is 5.02 Å². The maximum absolute atomic E-state index is 12.0. The topological polar surface area (TPSA) is 85.1 Å². The summed E-state index contributed by atoms with van der Waals surface area (Å²) in [4.78, 5) is 26.1. The molecule has 0 radical (unpaired) electrons. The number of amides is 1. The van der Waals surface area contributed by atoms with Gasteiger partial charge >= 0.3 is 0 Å². The number of carbonyl (C=O) groups excluding carboxylic acids is 1. The summed E-state index contributed by atoms with van der Waals surface area (Å²) < 4.78 is 0.510. The number of pyridine rings is 1. The van der Waals surface area contributed by atoms with Crippen molar-refractivity contribution < 1.29 is 9.72 Å². The van der Waals surface area contributed by atoms with Gasteiger partial charge in [-0.25, -0.2) is 4.98 Å². The van der Waals surface area contributed by atoms with Gasteiger partial charge in [0.15, 0.2) is 0 Å². The van der Waals surface area contributed by atoms with E-state index in [2.05, 4.69) is 26.2 Å². The number of non-ortho nitro benzene ring substituents is 1. The Morgan fingerprint density at radius 2 is 2.10 bits per heavy atom. The van der Waals surface area contributed by atoms with E-state index in [1.54, 1.807) is 12.1 Å². The molecule has 0 aliphatic carbocycles. The quantitative estimate of drug-likeness (QED) is 0.516. The monoisotopic (exact) mass is 355 g/mol. The van der Waals surface area contributed by atoms with Crippen LogP contribution in [0.5, 0.6) is 0 Å². The predicted molar refractivity (Wildman–Crippen MR) is 78.0 cm³/mol. The number of nitro benzene ring substituents is 1. The van der Waals surface area contributed by atoms with Gasteiger partial charge in [-0.1, -0.05) is 17.7 Å². The van der Waals surface area contributed by atoms with Gasteiger partial charge in [0.1, 0.15) is 10.3 Å². The fraction of sp³-hybridized carbons (Fsp3) is 0. The minimum atomic E-state index is -0.566. The van der Waals surface area contributed by atoms with Crippen LogP contribution in [0.25, 0.3) is 0 Å². The van der Waals surface area contributed by atoms with Gasteiger partial charge in [0.2, 0.25) is 0 Å². The van der Waals surface area contributed by atoms with Crippen LogP contribution in [-0.2, 0) is 0 Å². The van der Waals surface area contributed by atoms with Gasteiger partial charge in [-0.05, 0) is 34.1 Å². The number of halogens is 2. The zero-order valence-corrected chi connectivity index (χ0v) is 12.2. The molecule has 102 valence electrons. The van der Waals surface area contributed by atoms with E-state index in [1.165, 1.54) is 24.3 Å². The first-order valence-corrected chi connectivity index (χ1v) is 6.52. The summed E-state index contributed by atoms with van der Waals surface area (Å²) in [7, 11) is 0. The second kappa shape index (κ2) is 5.98. The summed E-state index contributed by atoms with van der Waals surface area (Å²) in [6.07, 6.45) is 0. The molecule has 0 fully saturated rings. The van der Waals surface area contributed by atoms with Crippen molar-refractivity contribution in [1.82, 2.24) is 4.98 Å². The van der Waals surface area contributed by atoms with Gasteiger partial charge in [0, 0.05) is 12.1 Å². The van der Waals surface area contributed by atoms with E-state index in [0.717, 1.165) is 0 Å². The Hall–Kier alpha value is -1.99. The lowest BCUT2D eigenvalue weighted by Gasteiger charge is -2.06. The number of nitrogens with zero attached hydrogens (tertiary/aromatic N) is 2. The molecular formula is C12H7BrClN3O3. The van der Waals surface area contributed by atoms with Gasteiger partial charge in [0.25, 0.3) is 11.6 Å². The van der Waals surface area contributed by atoms with Crippen molar-refractivity contribution >= 4 is 44.8 Å². The molecule has 20 heavy (non-hydrogen) atoms. The first-order chi connectivity index (χ1) is 9.47. The third-order valence-electron chi connectivity index (χ3n) is 2.36. The molecular weight excluding hydrogens is 350 g/mol. The molecule has 0 aliphatic heterocycles. The second-order valence-electron chi connectivity index (χ2n) is 3.72. The minimum absolute atomic E-state index is 0.160. The number of nitro groups is 1. The zero-order valence-electron chi connectivity index (χ0n) is 9.84. The number of hydrogen-bond donors (Lipinski definition) is 1. The number of anilines is 1. The molecule has 0 aliphatic rings. The molecule has 0 saturated carbocycles. The minimum Gasteiger partial charge on any atom is -0.319 e. The summed E-state index contributed by atoms with van der Waals surface area (Å²) in [6, 6.07) is 8.65. The summed E-state index contributed by atoms with van der Waals surface area (Å²) in [5.41, 5.74) is 0.168. The molecule has 0 saturated heterocycles. The smallest absolute Gasteiger partial charge is 0.274 e. The fourth-order valence-corrected chi connectivity index (χ4v) is 1.95. The van der Waals surface area contributed by atoms with Crippen molar-refractivity contribution in [2.75, 3.05) is 5.32 Å². The average Bonchev–Trinajstić information content (AvgIpc) is 2.41. The van der Waals surface area contributed by atoms with Crippen molar-refractivity contribution in [2.45, 2.75) is 0 Å². The Balaban J connectivity index is 2.27. The highest BCUT2D eigenvalue weighted by atomic mass is 79.9. The van der Waals surface area contributed by atoms with Crippen molar-refractivity contribution in [3.05, 3.63) is 61.8 Å². The molecule has 8 heteroatoms. The first kappa shape index (κ1) is 14.4. The van der Waals surface area contributed by atoms with Crippen LogP contribution in [0.1, 0.15) is 10.5 Å².